The standard InChI is InChI=1S/C8H15O2/c1-4-5-8(9)10-6-7(2)3/h4,7H,5-6H2,1-3H3. The number of hydrogen-bond acceptors (Lipinski definition) is 2. The Hall–Kier alpha value is -0.530. The molecule has 0 bridgehead atoms. The highest BCUT2D eigenvalue weighted by Crippen LogP contribution is 1.95. The topological polar surface area (TPSA) is 26.3 Å². The minimum absolute atomic E-state index is 0.129. The van der Waals surface area contributed by atoms with Crippen LogP contribution in [0.25, 0.3) is 0 Å². The second-order valence-corrected chi connectivity index (χ2v) is 2.69. The molecule has 0 rings (SSSR count). The quantitative estimate of drug-likeness (QED) is 0.561. The van der Waals surface area contributed by atoms with E-state index >= 15 is 0 Å². The van der Waals surface area contributed by atoms with Crippen LogP contribution in [0.2, 0.25) is 0 Å². The first kappa shape index (κ1) is 9.47. The van der Waals surface area contributed by atoms with Crippen molar-refractivity contribution in [2.45, 2.75) is 27.2 Å². The van der Waals surface area contributed by atoms with Crippen molar-refractivity contribution >= 4 is 5.97 Å². The maximum Gasteiger partial charge on any atom is 0.306 e. The SMILES string of the molecule is C[CH]CC(=O)OCC(C)C. The maximum absolute atomic E-state index is 10.7. The minimum atomic E-state index is -0.129. The van der Waals surface area contributed by atoms with Gasteiger partial charge in [-0.2, -0.15) is 0 Å². The fourth-order valence-corrected chi connectivity index (χ4v) is 0.485. The highest BCUT2D eigenvalue weighted by Gasteiger charge is 2.01. The Bertz CT molecular complexity index is 97.4. The van der Waals surface area contributed by atoms with Gasteiger partial charge in [0.05, 0.1) is 6.61 Å². The van der Waals surface area contributed by atoms with Crippen LogP contribution in [-0.2, 0) is 9.53 Å². The van der Waals surface area contributed by atoms with Crippen LogP contribution in [0.1, 0.15) is 27.2 Å². The van der Waals surface area contributed by atoms with Gasteiger partial charge in [-0.1, -0.05) is 20.8 Å². The van der Waals surface area contributed by atoms with Gasteiger partial charge < -0.3 is 4.74 Å². The molecule has 0 saturated carbocycles. The van der Waals surface area contributed by atoms with Crippen LogP contribution in [0, 0.1) is 12.3 Å². The molecule has 0 aromatic heterocycles. The lowest BCUT2D eigenvalue weighted by Gasteiger charge is -2.05. The molecule has 0 saturated heterocycles. The first-order chi connectivity index (χ1) is 4.66. The molecule has 0 unspecified atom stereocenters. The number of carbonyl (C=O) groups is 1. The summed E-state index contributed by atoms with van der Waals surface area (Å²) in [6.45, 7) is 6.41. The summed E-state index contributed by atoms with van der Waals surface area (Å²) in [6.07, 6.45) is 2.22. The van der Waals surface area contributed by atoms with Gasteiger partial charge in [-0.25, -0.2) is 0 Å². The van der Waals surface area contributed by atoms with Crippen molar-refractivity contribution < 1.29 is 9.53 Å². The van der Waals surface area contributed by atoms with E-state index in [2.05, 4.69) is 0 Å². The van der Waals surface area contributed by atoms with E-state index in [0.29, 0.717) is 18.9 Å². The third-order valence-corrected chi connectivity index (χ3v) is 0.948. The minimum Gasteiger partial charge on any atom is -0.465 e. The number of esters is 1. The normalized spacial score (nSPS) is 10.0. The number of carbonyl (C=O) groups excluding carboxylic acids is 1. The summed E-state index contributed by atoms with van der Waals surface area (Å²) in [7, 11) is 0. The molecule has 0 aliphatic carbocycles. The van der Waals surface area contributed by atoms with E-state index in [4.69, 9.17) is 4.74 Å². The van der Waals surface area contributed by atoms with Crippen LogP contribution in [0.5, 0.6) is 0 Å². The second-order valence-electron chi connectivity index (χ2n) is 2.69. The Morgan fingerprint density at radius 2 is 2.20 bits per heavy atom. The summed E-state index contributed by atoms with van der Waals surface area (Å²) in [5.74, 6) is 0.303. The summed E-state index contributed by atoms with van der Waals surface area (Å²) in [4.78, 5) is 10.7. The Balaban J connectivity index is 3.22. The van der Waals surface area contributed by atoms with E-state index in [1.54, 1.807) is 6.42 Å². The third-order valence-electron chi connectivity index (χ3n) is 0.948. The lowest BCUT2D eigenvalue weighted by molar-refractivity contribution is -0.143. The molecular formula is C8H15O2. The average molecular weight is 143 g/mol. The Morgan fingerprint density at radius 3 is 2.60 bits per heavy atom. The van der Waals surface area contributed by atoms with Gasteiger partial charge >= 0.3 is 5.97 Å². The average Bonchev–Trinajstić information content (AvgIpc) is 1.85. The van der Waals surface area contributed by atoms with Crippen LogP contribution in [0.15, 0.2) is 0 Å². The lowest BCUT2D eigenvalue weighted by atomic mass is 10.2. The molecule has 2 heteroatoms. The summed E-state index contributed by atoms with van der Waals surface area (Å²) >= 11 is 0. The molecule has 0 heterocycles. The molecular weight excluding hydrogens is 128 g/mol. The zero-order valence-electron chi connectivity index (χ0n) is 6.89. The first-order valence-electron chi connectivity index (χ1n) is 3.60. The molecule has 0 aromatic carbocycles. The van der Waals surface area contributed by atoms with Crippen molar-refractivity contribution in [2.24, 2.45) is 5.92 Å². The lowest BCUT2D eigenvalue weighted by Crippen LogP contribution is -2.09. The third kappa shape index (κ3) is 5.60. The molecule has 0 atom stereocenters. The van der Waals surface area contributed by atoms with E-state index in [1.807, 2.05) is 20.8 Å². The summed E-state index contributed by atoms with van der Waals surface area (Å²) in [5, 5.41) is 0. The number of ether oxygens (including phenoxy) is 1. The van der Waals surface area contributed by atoms with Crippen LogP contribution in [-0.4, -0.2) is 12.6 Å². The van der Waals surface area contributed by atoms with Gasteiger partial charge in [0.1, 0.15) is 0 Å². The zero-order chi connectivity index (χ0) is 7.98. The zero-order valence-corrected chi connectivity index (χ0v) is 6.89. The van der Waals surface area contributed by atoms with Gasteiger partial charge in [0.15, 0.2) is 0 Å². The van der Waals surface area contributed by atoms with E-state index < -0.39 is 0 Å². The van der Waals surface area contributed by atoms with E-state index in [1.165, 1.54) is 0 Å². The molecule has 2 nitrogen and oxygen atoms in total. The largest absolute Gasteiger partial charge is 0.465 e. The van der Waals surface area contributed by atoms with Gasteiger partial charge in [0, 0.05) is 6.42 Å². The maximum atomic E-state index is 10.7. The summed E-state index contributed by atoms with van der Waals surface area (Å²) < 4.78 is 4.87. The molecule has 0 aromatic rings. The van der Waals surface area contributed by atoms with Crippen molar-refractivity contribution in [3.63, 3.8) is 0 Å². The molecule has 10 heavy (non-hydrogen) atoms. The molecule has 0 aliphatic rings. The van der Waals surface area contributed by atoms with E-state index in [9.17, 15) is 4.79 Å². The summed E-state index contributed by atoms with van der Waals surface area (Å²) in [6, 6.07) is 0. The van der Waals surface area contributed by atoms with Crippen molar-refractivity contribution in [3.8, 4) is 0 Å². The fourth-order valence-electron chi connectivity index (χ4n) is 0.485. The molecule has 59 valence electrons. The second kappa shape index (κ2) is 5.27. The van der Waals surface area contributed by atoms with Crippen LogP contribution >= 0.6 is 0 Å². The van der Waals surface area contributed by atoms with Crippen molar-refractivity contribution in [1.82, 2.24) is 0 Å². The first-order valence-corrected chi connectivity index (χ1v) is 3.60. The molecule has 0 amide bonds. The number of hydrogen-bond donors (Lipinski definition) is 0. The number of rotatable bonds is 4. The van der Waals surface area contributed by atoms with Crippen LogP contribution < -0.4 is 0 Å². The Labute approximate surface area is 62.6 Å². The molecule has 0 N–H and O–H groups in total. The molecule has 0 fully saturated rings. The predicted octanol–water partition coefficient (Wildman–Crippen LogP) is 1.80. The van der Waals surface area contributed by atoms with E-state index in [0.717, 1.165) is 0 Å². The Kier molecular flexibility index (Phi) is 4.99. The monoisotopic (exact) mass is 143 g/mol. The molecule has 0 spiro atoms. The fraction of sp³-hybridized carbons (Fsp3) is 0.750. The highest BCUT2D eigenvalue weighted by atomic mass is 16.5. The van der Waals surface area contributed by atoms with E-state index in [-0.39, 0.29) is 5.97 Å². The van der Waals surface area contributed by atoms with Gasteiger partial charge in [-0.05, 0) is 12.3 Å². The molecule has 0 aliphatic heterocycles. The van der Waals surface area contributed by atoms with Crippen LogP contribution in [0.4, 0.5) is 0 Å². The predicted molar refractivity (Wildman–Crippen MR) is 40.4 cm³/mol. The highest BCUT2D eigenvalue weighted by molar-refractivity contribution is 5.70. The van der Waals surface area contributed by atoms with Gasteiger partial charge in [-0.3, -0.25) is 4.79 Å². The molecule has 1 radical (unpaired) electrons. The van der Waals surface area contributed by atoms with Crippen molar-refractivity contribution in [3.05, 3.63) is 6.42 Å². The van der Waals surface area contributed by atoms with Crippen LogP contribution in [0.3, 0.4) is 0 Å². The van der Waals surface area contributed by atoms with Gasteiger partial charge in [0.2, 0.25) is 0 Å². The van der Waals surface area contributed by atoms with Gasteiger partial charge in [-0.15, -0.1) is 0 Å². The Morgan fingerprint density at radius 1 is 1.60 bits per heavy atom. The summed E-state index contributed by atoms with van der Waals surface area (Å²) in [5.41, 5.74) is 0. The van der Waals surface area contributed by atoms with Crippen molar-refractivity contribution in [2.75, 3.05) is 6.61 Å². The van der Waals surface area contributed by atoms with Gasteiger partial charge in [0.25, 0.3) is 0 Å². The smallest absolute Gasteiger partial charge is 0.306 e. The van der Waals surface area contributed by atoms with Crippen molar-refractivity contribution in [1.29, 1.82) is 0 Å².